The molecular weight excluding hydrogens is 702 g/mol. The van der Waals surface area contributed by atoms with Crippen LogP contribution < -0.4 is 32.3 Å². The number of para-hydroxylation sites is 1. The number of amides is 6. The SMILES string of the molecule is CC(=O)NC(CCC(N)=O)C(=O)N[C@@H](CC1CCCCC1)C(=O)NC(CC(=O)O)C(=O)N[C@@H](CC(C)C)C(=O)N[C@@H](Cc1c[nH]c2ccccc12)C(=O)O. The molecule has 1 aromatic carbocycles. The number of carbonyl (C=O) groups is 8. The Balaban J connectivity index is 1.81. The summed E-state index contributed by atoms with van der Waals surface area (Å²) >= 11 is 0. The van der Waals surface area contributed by atoms with Crippen molar-refractivity contribution >= 4 is 58.3 Å². The lowest BCUT2D eigenvalue weighted by molar-refractivity contribution is -0.143. The number of rotatable bonds is 21. The molecule has 1 saturated carbocycles. The van der Waals surface area contributed by atoms with Crippen molar-refractivity contribution in [3.8, 4) is 0 Å². The number of nitrogens with two attached hydrogens (primary N) is 1. The van der Waals surface area contributed by atoms with Crippen LogP contribution in [0.25, 0.3) is 10.9 Å². The number of H-pyrrole nitrogens is 1. The number of hydrogen-bond acceptors (Lipinski definition) is 8. The van der Waals surface area contributed by atoms with Crippen LogP contribution in [-0.2, 0) is 44.8 Å². The predicted molar refractivity (Wildman–Crippen MR) is 196 cm³/mol. The molecule has 0 radical (unpaired) electrons. The Hall–Kier alpha value is -5.48. The first-order valence-corrected chi connectivity index (χ1v) is 18.3. The van der Waals surface area contributed by atoms with Crippen molar-refractivity contribution < 1.29 is 48.6 Å². The Labute approximate surface area is 313 Å². The maximum Gasteiger partial charge on any atom is 0.326 e. The van der Waals surface area contributed by atoms with Gasteiger partial charge >= 0.3 is 11.9 Å². The lowest BCUT2D eigenvalue weighted by Crippen LogP contribution is -2.59. The van der Waals surface area contributed by atoms with Gasteiger partial charge in [0, 0.05) is 36.9 Å². The van der Waals surface area contributed by atoms with Crippen LogP contribution in [0.1, 0.15) is 90.5 Å². The minimum Gasteiger partial charge on any atom is -0.481 e. The molecule has 0 bridgehead atoms. The molecule has 1 aliphatic rings. The van der Waals surface area contributed by atoms with E-state index in [1.54, 1.807) is 26.1 Å². The second-order valence-corrected chi connectivity index (χ2v) is 14.4. The van der Waals surface area contributed by atoms with E-state index in [1.807, 2.05) is 18.2 Å². The highest BCUT2D eigenvalue weighted by Gasteiger charge is 2.35. The van der Waals surface area contributed by atoms with Gasteiger partial charge in [0.05, 0.1) is 6.42 Å². The minimum absolute atomic E-state index is 0.0249. The number of aromatic amines is 1. The van der Waals surface area contributed by atoms with E-state index in [9.17, 15) is 48.6 Å². The van der Waals surface area contributed by atoms with E-state index in [0.717, 1.165) is 43.0 Å². The summed E-state index contributed by atoms with van der Waals surface area (Å²) in [7, 11) is 0. The van der Waals surface area contributed by atoms with Crippen LogP contribution in [0.4, 0.5) is 0 Å². The fraction of sp³-hybridized carbons (Fsp3) is 0.568. The largest absolute Gasteiger partial charge is 0.481 e. The number of carboxylic acids is 2. The maximum atomic E-state index is 13.8. The van der Waals surface area contributed by atoms with E-state index in [-0.39, 0.29) is 43.9 Å². The van der Waals surface area contributed by atoms with E-state index < -0.39 is 84.0 Å². The van der Waals surface area contributed by atoms with Crippen LogP contribution in [0.2, 0.25) is 0 Å². The third-order valence-electron chi connectivity index (χ3n) is 9.37. The number of fused-ring (bicyclic) bond motifs is 1. The molecule has 1 heterocycles. The topological polar surface area (TPSA) is 279 Å². The van der Waals surface area contributed by atoms with Gasteiger partial charge in [-0.3, -0.25) is 33.6 Å². The van der Waals surface area contributed by atoms with E-state index >= 15 is 0 Å². The van der Waals surface area contributed by atoms with Gasteiger partial charge in [0.25, 0.3) is 0 Å². The molecular formula is C37H53N7O10. The summed E-state index contributed by atoms with van der Waals surface area (Å²) in [4.78, 5) is 105. The monoisotopic (exact) mass is 755 g/mol. The quantitative estimate of drug-likeness (QED) is 0.0872. The molecule has 3 rings (SSSR count). The van der Waals surface area contributed by atoms with Gasteiger partial charge in [0.15, 0.2) is 0 Å². The molecule has 0 aliphatic heterocycles. The average molecular weight is 756 g/mol. The predicted octanol–water partition coefficient (Wildman–Crippen LogP) is 0.996. The molecule has 0 saturated heterocycles. The zero-order valence-corrected chi connectivity index (χ0v) is 30.9. The zero-order chi connectivity index (χ0) is 39.9. The van der Waals surface area contributed by atoms with Crippen molar-refractivity contribution in [1.29, 1.82) is 0 Å². The third-order valence-corrected chi connectivity index (χ3v) is 9.37. The fourth-order valence-corrected chi connectivity index (χ4v) is 6.69. The van der Waals surface area contributed by atoms with E-state index in [4.69, 9.17) is 5.73 Å². The highest BCUT2D eigenvalue weighted by atomic mass is 16.4. The summed E-state index contributed by atoms with van der Waals surface area (Å²) in [6.45, 7) is 4.74. The van der Waals surface area contributed by atoms with E-state index in [2.05, 4.69) is 31.6 Å². The number of carboxylic acid groups (broad SMARTS) is 2. The van der Waals surface area contributed by atoms with Crippen molar-refractivity contribution in [1.82, 2.24) is 31.6 Å². The molecule has 1 fully saturated rings. The molecule has 1 aliphatic carbocycles. The second-order valence-electron chi connectivity index (χ2n) is 14.4. The fourth-order valence-electron chi connectivity index (χ4n) is 6.69. The summed E-state index contributed by atoms with van der Waals surface area (Å²) in [5.74, 6) is -7.59. The Morgan fingerprint density at radius 3 is 1.96 bits per heavy atom. The van der Waals surface area contributed by atoms with Gasteiger partial charge in [0.2, 0.25) is 35.4 Å². The molecule has 2 aromatic rings. The second kappa shape index (κ2) is 20.7. The van der Waals surface area contributed by atoms with E-state index in [0.29, 0.717) is 5.56 Å². The molecule has 17 nitrogen and oxygen atoms in total. The van der Waals surface area contributed by atoms with Gasteiger partial charge in [-0.15, -0.1) is 0 Å². The molecule has 0 spiro atoms. The molecule has 6 amide bonds. The van der Waals surface area contributed by atoms with Crippen LogP contribution in [0.5, 0.6) is 0 Å². The zero-order valence-electron chi connectivity index (χ0n) is 30.9. The summed E-state index contributed by atoms with van der Waals surface area (Å²) < 4.78 is 0. The molecule has 10 N–H and O–H groups in total. The number of hydrogen-bond donors (Lipinski definition) is 9. The summed E-state index contributed by atoms with van der Waals surface area (Å²) in [5, 5.41) is 33.0. The van der Waals surface area contributed by atoms with Crippen LogP contribution in [0, 0.1) is 11.8 Å². The van der Waals surface area contributed by atoms with Crippen molar-refractivity contribution in [2.75, 3.05) is 0 Å². The minimum atomic E-state index is -1.69. The summed E-state index contributed by atoms with van der Waals surface area (Å²) in [6, 6.07) is 0.473. The Morgan fingerprint density at radius 2 is 1.35 bits per heavy atom. The third kappa shape index (κ3) is 13.8. The normalized spacial score (nSPS) is 15.9. The van der Waals surface area contributed by atoms with Crippen molar-refractivity contribution in [2.45, 2.75) is 122 Å². The van der Waals surface area contributed by atoms with Crippen LogP contribution in [-0.4, -0.2) is 92.8 Å². The van der Waals surface area contributed by atoms with Crippen LogP contribution in [0.15, 0.2) is 30.5 Å². The maximum absolute atomic E-state index is 13.8. The van der Waals surface area contributed by atoms with Gasteiger partial charge in [-0.1, -0.05) is 64.2 Å². The van der Waals surface area contributed by atoms with Crippen molar-refractivity contribution in [3.63, 3.8) is 0 Å². The number of carbonyl (C=O) groups excluding carboxylic acids is 6. The van der Waals surface area contributed by atoms with Crippen LogP contribution in [0.3, 0.4) is 0 Å². The van der Waals surface area contributed by atoms with Gasteiger partial charge in [0.1, 0.15) is 30.2 Å². The summed E-state index contributed by atoms with van der Waals surface area (Å²) in [5.41, 5.74) is 6.68. The van der Waals surface area contributed by atoms with Crippen molar-refractivity contribution in [2.24, 2.45) is 17.6 Å². The van der Waals surface area contributed by atoms with Gasteiger partial charge in [-0.25, -0.2) is 4.79 Å². The molecule has 5 atom stereocenters. The lowest BCUT2D eigenvalue weighted by Gasteiger charge is -2.29. The number of primary amides is 1. The van der Waals surface area contributed by atoms with Gasteiger partial charge < -0.3 is 47.5 Å². The standard InChI is InChI=1S/C37H53N7O10/c1-20(2)15-27(34(50)44-30(37(53)54)17-23-19-39-25-12-8-7-11-24(23)25)41-36(52)29(18-32(47)48)43-35(51)28(16-22-9-5-4-6-10-22)42-33(49)26(40-21(3)45)13-14-31(38)46/h7-8,11-12,19-20,22,26-30,39H,4-6,9-10,13-18H2,1-3H3,(H2,38,46)(H,40,45)(H,41,52)(H,42,49)(H,43,51)(H,44,50)(H,47,48)(H,53,54)/t26?,27-,28-,29?,30-/m0/s1. The number of benzene rings is 1. The summed E-state index contributed by atoms with van der Waals surface area (Å²) in [6.07, 6.45) is 4.97. The molecule has 54 heavy (non-hydrogen) atoms. The number of aliphatic carboxylic acids is 2. The number of aromatic nitrogens is 1. The first-order valence-electron chi connectivity index (χ1n) is 18.3. The average Bonchev–Trinajstić information content (AvgIpc) is 3.51. The molecule has 2 unspecified atom stereocenters. The van der Waals surface area contributed by atoms with Gasteiger partial charge in [-0.2, -0.15) is 0 Å². The van der Waals surface area contributed by atoms with Crippen molar-refractivity contribution in [3.05, 3.63) is 36.0 Å². The lowest BCUT2D eigenvalue weighted by atomic mass is 9.84. The van der Waals surface area contributed by atoms with Crippen LogP contribution >= 0.6 is 0 Å². The first kappa shape index (κ1) is 42.9. The molecule has 1 aromatic heterocycles. The Kier molecular flexibility index (Phi) is 16.4. The highest BCUT2D eigenvalue weighted by Crippen LogP contribution is 2.27. The van der Waals surface area contributed by atoms with E-state index in [1.165, 1.54) is 6.92 Å². The first-order chi connectivity index (χ1) is 25.5. The number of nitrogens with one attached hydrogen (secondary N) is 6. The Bertz CT molecular complexity index is 1670. The molecule has 17 heteroatoms. The Morgan fingerprint density at radius 1 is 0.778 bits per heavy atom. The van der Waals surface area contributed by atoms with Gasteiger partial charge in [-0.05, 0) is 42.7 Å². The highest BCUT2D eigenvalue weighted by molar-refractivity contribution is 5.97. The smallest absolute Gasteiger partial charge is 0.326 e. The molecule has 296 valence electrons.